The van der Waals surface area contributed by atoms with Crippen molar-refractivity contribution in [3.8, 4) is 5.75 Å². The molecule has 0 fully saturated rings. The van der Waals surface area contributed by atoms with Gasteiger partial charge < -0.3 is 14.5 Å². The lowest BCUT2D eigenvalue weighted by Crippen LogP contribution is -2.52. The van der Waals surface area contributed by atoms with Gasteiger partial charge in [-0.1, -0.05) is 12.1 Å². The van der Waals surface area contributed by atoms with Gasteiger partial charge in [0.25, 0.3) is 0 Å². The SMILES string of the molecule is COc1ccc(C2c3ccsc3CCN2C(=O)CN(C(=O)C(C)(C)CCl)C(C)C)cc1. The van der Waals surface area contributed by atoms with E-state index >= 15 is 0 Å². The normalized spacial score (nSPS) is 16.2. The van der Waals surface area contributed by atoms with Crippen LogP contribution >= 0.6 is 22.9 Å². The summed E-state index contributed by atoms with van der Waals surface area (Å²) in [5, 5.41) is 2.09. The van der Waals surface area contributed by atoms with E-state index in [9.17, 15) is 9.59 Å². The molecule has 3 rings (SSSR count). The molecule has 7 heteroatoms. The lowest BCUT2D eigenvalue weighted by Gasteiger charge is -2.39. The molecule has 1 atom stereocenters. The standard InChI is InChI=1S/C24H31ClN2O3S/c1-16(2)27(23(29)24(3,4)15-25)14-21(28)26-12-10-20-19(11-13-31-20)22(26)17-6-8-18(30-5)9-7-17/h6-9,11,13,16,22H,10,12,14-15H2,1-5H3. The van der Waals surface area contributed by atoms with E-state index in [4.69, 9.17) is 16.3 Å². The van der Waals surface area contributed by atoms with E-state index < -0.39 is 5.41 Å². The Morgan fingerprint density at radius 3 is 2.52 bits per heavy atom. The van der Waals surface area contributed by atoms with E-state index in [1.165, 1.54) is 10.4 Å². The maximum atomic E-state index is 13.5. The summed E-state index contributed by atoms with van der Waals surface area (Å²) in [7, 11) is 1.64. The molecule has 2 aromatic rings. The molecule has 0 radical (unpaired) electrons. The highest BCUT2D eigenvalue weighted by molar-refractivity contribution is 7.10. The van der Waals surface area contributed by atoms with E-state index in [-0.39, 0.29) is 36.3 Å². The summed E-state index contributed by atoms with van der Waals surface area (Å²) in [6.07, 6.45) is 0.828. The van der Waals surface area contributed by atoms with Crippen LogP contribution in [-0.4, -0.2) is 53.7 Å². The topological polar surface area (TPSA) is 49.9 Å². The van der Waals surface area contributed by atoms with Crippen molar-refractivity contribution in [2.24, 2.45) is 5.41 Å². The summed E-state index contributed by atoms with van der Waals surface area (Å²) in [5.74, 6) is 0.840. The molecule has 0 spiro atoms. The number of alkyl halides is 1. The third-order valence-electron chi connectivity index (χ3n) is 5.82. The molecule has 168 valence electrons. The highest BCUT2D eigenvalue weighted by atomic mass is 35.5. The second-order valence-corrected chi connectivity index (χ2v) is 10.1. The molecule has 0 aliphatic carbocycles. The van der Waals surface area contributed by atoms with Gasteiger partial charge in [0.05, 0.1) is 18.6 Å². The Morgan fingerprint density at radius 1 is 1.26 bits per heavy atom. The molecule has 2 amide bonds. The summed E-state index contributed by atoms with van der Waals surface area (Å²) in [6.45, 7) is 8.18. The fourth-order valence-electron chi connectivity index (χ4n) is 3.90. The van der Waals surface area contributed by atoms with Crippen molar-refractivity contribution < 1.29 is 14.3 Å². The van der Waals surface area contributed by atoms with Gasteiger partial charge in [-0.05, 0) is 68.8 Å². The molecule has 5 nitrogen and oxygen atoms in total. The number of hydrogen-bond donors (Lipinski definition) is 0. The van der Waals surface area contributed by atoms with E-state index in [1.807, 2.05) is 56.9 Å². The van der Waals surface area contributed by atoms with Crippen LogP contribution in [0, 0.1) is 5.41 Å². The zero-order valence-corrected chi connectivity index (χ0v) is 20.4. The monoisotopic (exact) mass is 462 g/mol. The number of halogens is 1. The number of rotatable bonds is 7. The summed E-state index contributed by atoms with van der Waals surface area (Å²) in [4.78, 5) is 31.5. The molecular weight excluding hydrogens is 432 g/mol. The van der Waals surface area contributed by atoms with Gasteiger partial charge in [0.2, 0.25) is 11.8 Å². The van der Waals surface area contributed by atoms with Crippen LogP contribution in [0.1, 0.15) is 49.7 Å². The van der Waals surface area contributed by atoms with Gasteiger partial charge >= 0.3 is 0 Å². The summed E-state index contributed by atoms with van der Waals surface area (Å²) < 4.78 is 5.30. The zero-order valence-electron chi connectivity index (χ0n) is 18.9. The maximum Gasteiger partial charge on any atom is 0.243 e. The molecule has 1 aromatic heterocycles. The molecule has 0 saturated heterocycles. The molecule has 1 aromatic carbocycles. The fraction of sp³-hybridized carbons (Fsp3) is 0.500. The maximum absolute atomic E-state index is 13.5. The quantitative estimate of drug-likeness (QED) is 0.559. The molecule has 0 saturated carbocycles. The molecular formula is C24H31ClN2O3S. The minimum atomic E-state index is -0.718. The molecule has 1 aliphatic heterocycles. The minimum Gasteiger partial charge on any atom is -0.497 e. The number of hydrogen-bond acceptors (Lipinski definition) is 4. The summed E-state index contributed by atoms with van der Waals surface area (Å²) in [6, 6.07) is 9.71. The Morgan fingerprint density at radius 2 is 1.94 bits per heavy atom. The first-order chi connectivity index (χ1) is 14.7. The highest BCUT2D eigenvalue weighted by Gasteiger charge is 2.37. The number of nitrogens with zero attached hydrogens (tertiary/aromatic N) is 2. The first-order valence-electron chi connectivity index (χ1n) is 10.6. The fourth-order valence-corrected chi connectivity index (χ4v) is 4.92. The van der Waals surface area contributed by atoms with Crippen LogP contribution in [0.15, 0.2) is 35.7 Å². The summed E-state index contributed by atoms with van der Waals surface area (Å²) in [5.41, 5.74) is 1.49. The molecule has 2 heterocycles. The van der Waals surface area contributed by atoms with Crippen molar-refractivity contribution in [3.05, 3.63) is 51.7 Å². The van der Waals surface area contributed by atoms with Crippen molar-refractivity contribution in [2.45, 2.75) is 46.2 Å². The Bertz CT molecular complexity index is 923. The van der Waals surface area contributed by atoms with Crippen LogP contribution in [-0.2, 0) is 16.0 Å². The van der Waals surface area contributed by atoms with Crippen LogP contribution in [0.5, 0.6) is 5.75 Å². The van der Waals surface area contributed by atoms with Crippen LogP contribution in [0.4, 0.5) is 0 Å². The van der Waals surface area contributed by atoms with Gasteiger partial charge in [-0.2, -0.15) is 0 Å². The second-order valence-electron chi connectivity index (χ2n) is 8.86. The van der Waals surface area contributed by atoms with Crippen molar-refractivity contribution in [2.75, 3.05) is 26.1 Å². The Kier molecular flexibility index (Phi) is 7.32. The van der Waals surface area contributed by atoms with Gasteiger partial charge in [0.15, 0.2) is 0 Å². The summed E-state index contributed by atoms with van der Waals surface area (Å²) >= 11 is 7.78. The van der Waals surface area contributed by atoms with Gasteiger partial charge in [-0.3, -0.25) is 9.59 Å². The average Bonchev–Trinajstić information content (AvgIpc) is 3.24. The van der Waals surface area contributed by atoms with Crippen LogP contribution in [0.3, 0.4) is 0 Å². The van der Waals surface area contributed by atoms with Crippen molar-refractivity contribution in [1.29, 1.82) is 0 Å². The number of fused-ring (bicyclic) bond motifs is 1. The number of benzene rings is 1. The van der Waals surface area contributed by atoms with Gasteiger partial charge in [0, 0.05) is 23.3 Å². The van der Waals surface area contributed by atoms with Crippen molar-refractivity contribution in [1.82, 2.24) is 9.80 Å². The number of methoxy groups -OCH3 is 1. The molecule has 0 N–H and O–H groups in total. The first-order valence-corrected chi connectivity index (χ1v) is 12.0. The molecule has 1 aliphatic rings. The third kappa shape index (κ3) is 4.90. The molecule has 0 bridgehead atoms. The Hall–Kier alpha value is -2.05. The largest absolute Gasteiger partial charge is 0.497 e. The van der Waals surface area contributed by atoms with E-state index in [2.05, 4.69) is 11.4 Å². The lowest BCUT2D eigenvalue weighted by atomic mass is 9.92. The number of thiophene rings is 1. The van der Waals surface area contributed by atoms with Crippen molar-refractivity contribution in [3.63, 3.8) is 0 Å². The Labute approximate surface area is 193 Å². The van der Waals surface area contributed by atoms with E-state index in [1.54, 1.807) is 23.3 Å². The predicted octanol–water partition coefficient (Wildman–Crippen LogP) is 4.73. The number of amides is 2. The lowest BCUT2D eigenvalue weighted by molar-refractivity contribution is -0.148. The smallest absolute Gasteiger partial charge is 0.243 e. The third-order valence-corrected chi connectivity index (χ3v) is 7.49. The average molecular weight is 463 g/mol. The van der Waals surface area contributed by atoms with Crippen LogP contribution < -0.4 is 4.74 Å². The highest BCUT2D eigenvalue weighted by Crippen LogP contribution is 2.38. The van der Waals surface area contributed by atoms with Crippen LogP contribution in [0.2, 0.25) is 0 Å². The van der Waals surface area contributed by atoms with E-state index in [0.717, 1.165) is 17.7 Å². The van der Waals surface area contributed by atoms with E-state index in [0.29, 0.717) is 6.54 Å². The molecule has 1 unspecified atom stereocenters. The number of carbonyl (C=O) groups is 2. The zero-order chi connectivity index (χ0) is 22.8. The Balaban J connectivity index is 1.91. The first kappa shape index (κ1) is 23.6. The van der Waals surface area contributed by atoms with Crippen LogP contribution in [0.25, 0.3) is 0 Å². The number of carbonyl (C=O) groups excluding carboxylic acids is 2. The molecule has 31 heavy (non-hydrogen) atoms. The minimum absolute atomic E-state index is 0.0446. The van der Waals surface area contributed by atoms with Crippen molar-refractivity contribution >= 4 is 34.8 Å². The second kappa shape index (κ2) is 9.61. The van der Waals surface area contributed by atoms with Gasteiger partial charge in [0.1, 0.15) is 12.3 Å². The van der Waals surface area contributed by atoms with Gasteiger partial charge in [-0.15, -0.1) is 22.9 Å². The predicted molar refractivity (Wildman–Crippen MR) is 126 cm³/mol. The number of ether oxygens (including phenoxy) is 1. The van der Waals surface area contributed by atoms with Gasteiger partial charge in [-0.25, -0.2) is 0 Å².